The number of nitrogens with one attached hydrogen (secondary N) is 1. The predicted octanol–water partition coefficient (Wildman–Crippen LogP) is 1.81. The van der Waals surface area contributed by atoms with Gasteiger partial charge in [0.2, 0.25) is 5.91 Å². The number of carbonyl (C=O) groups is 1. The minimum atomic E-state index is -2.95. The smallest absolute Gasteiger partial charge is 0.224 e. The second-order valence-electron chi connectivity index (χ2n) is 4.87. The van der Waals surface area contributed by atoms with Gasteiger partial charge in [-0.15, -0.1) is 0 Å². The molecule has 1 aliphatic heterocycles. The van der Waals surface area contributed by atoms with E-state index in [2.05, 4.69) is 10.3 Å². The molecule has 1 atom stereocenters. The summed E-state index contributed by atoms with van der Waals surface area (Å²) in [7, 11) is -2.95. The van der Waals surface area contributed by atoms with Gasteiger partial charge in [-0.05, 0) is 30.9 Å². The zero-order valence-corrected chi connectivity index (χ0v) is 12.1. The van der Waals surface area contributed by atoms with Crippen molar-refractivity contribution in [3.8, 4) is 0 Å². The Morgan fingerprint density at radius 3 is 2.95 bits per heavy atom. The number of hydrogen-bond acceptors (Lipinski definition) is 4. The average Bonchev–Trinajstić information content (AvgIpc) is 2.63. The summed E-state index contributed by atoms with van der Waals surface area (Å²) in [5.41, 5.74) is 1.36. The van der Waals surface area contributed by atoms with Crippen molar-refractivity contribution in [2.75, 3.05) is 16.8 Å². The molecule has 1 fully saturated rings. The summed E-state index contributed by atoms with van der Waals surface area (Å²) in [4.78, 5) is 15.8. The first-order valence-electron chi connectivity index (χ1n) is 5.98. The monoisotopic (exact) mass is 302 g/mol. The molecule has 104 valence electrons. The van der Waals surface area contributed by atoms with Gasteiger partial charge >= 0.3 is 0 Å². The fourth-order valence-corrected chi connectivity index (χ4v) is 4.15. The van der Waals surface area contributed by atoms with E-state index in [0.29, 0.717) is 12.1 Å². The SMILES string of the molecule is Cc1cnc(Cl)c(NC(=O)CC2CCS(=O)(=O)C2)c1. The summed E-state index contributed by atoms with van der Waals surface area (Å²) in [6.45, 7) is 1.85. The zero-order valence-electron chi connectivity index (χ0n) is 10.5. The number of amides is 1. The van der Waals surface area contributed by atoms with Gasteiger partial charge in [0.15, 0.2) is 15.0 Å². The maximum absolute atomic E-state index is 11.9. The van der Waals surface area contributed by atoms with E-state index in [-0.39, 0.29) is 34.9 Å². The maximum atomic E-state index is 11.9. The summed E-state index contributed by atoms with van der Waals surface area (Å²) < 4.78 is 22.6. The molecule has 19 heavy (non-hydrogen) atoms. The number of carbonyl (C=O) groups excluding carboxylic acids is 1. The summed E-state index contributed by atoms with van der Waals surface area (Å²) >= 11 is 5.88. The second-order valence-corrected chi connectivity index (χ2v) is 7.46. The molecule has 0 aliphatic carbocycles. The molecule has 1 saturated heterocycles. The van der Waals surface area contributed by atoms with Crippen molar-refractivity contribution in [1.29, 1.82) is 0 Å². The molecule has 0 aromatic carbocycles. The van der Waals surface area contributed by atoms with Crippen LogP contribution in [0, 0.1) is 12.8 Å². The van der Waals surface area contributed by atoms with Crippen LogP contribution in [0.25, 0.3) is 0 Å². The van der Waals surface area contributed by atoms with E-state index in [1.165, 1.54) is 0 Å². The molecule has 0 spiro atoms. The minimum Gasteiger partial charge on any atom is -0.323 e. The highest BCUT2D eigenvalue weighted by Crippen LogP contribution is 2.24. The van der Waals surface area contributed by atoms with Crippen molar-refractivity contribution in [3.05, 3.63) is 23.0 Å². The van der Waals surface area contributed by atoms with E-state index < -0.39 is 9.84 Å². The van der Waals surface area contributed by atoms with Gasteiger partial charge in [-0.2, -0.15) is 0 Å². The van der Waals surface area contributed by atoms with Crippen LogP contribution in [-0.4, -0.2) is 30.8 Å². The third-order valence-corrected chi connectivity index (χ3v) is 5.19. The molecule has 2 rings (SSSR count). The van der Waals surface area contributed by atoms with Crippen LogP contribution in [0.4, 0.5) is 5.69 Å². The number of rotatable bonds is 3. The summed E-state index contributed by atoms with van der Waals surface area (Å²) in [5, 5.41) is 2.91. The normalized spacial score (nSPS) is 21.3. The van der Waals surface area contributed by atoms with E-state index in [9.17, 15) is 13.2 Å². The molecule has 7 heteroatoms. The highest BCUT2D eigenvalue weighted by Gasteiger charge is 2.29. The van der Waals surface area contributed by atoms with E-state index >= 15 is 0 Å². The molecule has 2 heterocycles. The number of hydrogen-bond donors (Lipinski definition) is 1. The van der Waals surface area contributed by atoms with Crippen molar-refractivity contribution in [1.82, 2.24) is 4.98 Å². The van der Waals surface area contributed by atoms with Gasteiger partial charge in [0, 0.05) is 12.6 Å². The lowest BCUT2D eigenvalue weighted by molar-refractivity contribution is -0.116. The van der Waals surface area contributed by atoms with Gasteiger partial charge in [-0.3, -0.25) is 4.79 Å². The molecular weight excluding hydrogens is 288 g/mol. The number of sulfone groups is 1. The molecule has 1 aromatic heterocycles. The highest BCUT2D eigenvalue weighted by molar-refractivity contribution is 7.91. The molecular formula is C12H15ClN2O3S. The molecule has 0 saturated carbocycles. The Hall–Kier alpha value is -1.14. The Bertz CT molecular complexity index is 601. The minimum absolute atomic E-state index is 0.0958. The van der Waals surface area contributed by atoms with Gasteiger partial charge in [0.05, 0.1) is 17.2 Å². The van der Waals surface area contributed by atoms with Crippen LogP contribution in [-0.2, 0) is 14.6 Å². The molecule has 1 aliphatic rings. The summed E-state index contributed by atoms with van der Waals surface area (Å²) in [6.07, 6.45) is 2.36. The first-order chi connectivity index (χ1) is 8.85. The Balaban J connectivity index is 1.97. The van der Waals surface area contributed by atoms with E-state index in [1.54, 1.807) is 12.3 Å². The van der Waals surface area contributed by atoms with Crippen molar-refractivity contribution < 1.29 is 13.2 Å². The number of halogens is 1. The quantitative estimate of drug-likeness (QED) is 0.864. The van der Waals surface area contributed by atoms with Gasteiger partial charge in [0.25, 0.3) is 0 Å². The molecule has 0 radical (unpaired) electrons. The lowest BCUT2D eigenvalue weighted by atomic mass is 10.1. The molecule has 1 amide bonds. The fourth-order valence-electron chi connectivity index (χ4n) is 2.14. The Labute approximate surface area is 117 Å². The number of nitrogens with zero attached hydrogens (tertiary/aromatic N) is 1. The third kappa shape index (κ3) is 3.91. The van der Waals surface area contributed by atoms with Crippen LogP contribution in [0.15, 0.2) is 12.3 Å². The van der Waals surface area contributed by atoms with Crippen LogP contribution in [0.3, 0.4) is 0 Å². The van der Waals surface area contributed by atoms with Crippen LogP contribution in [0.2, 0.25) is 5.15 Å². The number of aryl methyl sites for hydroxylation is 1. The number of pyridine rings is 1. The molecule has 0 bridgehead atoms. The molecule has 1 N–H and O–H groups in total. The Morgan fingerprint density at radius 2 is 2.32 bits per heavy atom. The summed E-state index contributed by atoms with van der Waals surface area (Å²) in [5.74, 6) is -0.0456. The average molecular weight is 303 g/mol. The lowest BCUT2D eigenvalue weighted by Gasteiger charge is -2.10. The van der Waals surface area contributed by atoms with Crippen LogP contribution in [0.1, 0.15) is 18.4 Å². The molecule has 1 unspecified atom stereocenters. The van der Waals surface area contributed by atoms with E-state index in [0.717, 1.165) is 5.56 Å². The van der Waals surface area contributed by atoms with Crippen molar-refractivity contribution in [2.24, 2.45) is 5.92 Å². The van der Waals surface area contributed by atoms with Crippen molar-refractivity contribution in [2.45, 2.75) is 19.8 Å². The second kappa shape index (κ2) is 5.46. The fraction of sp³-hybridized carbons (Fsp3) is 0.500. The Morgan fingerprint density at radius 1 is 1.58 bits per heavy atom. The zero-order chi connectivity index (χ0) is 14.0. The van der Waals surface area contributed by atoms with Crippen molar-refractivity contribution in [3.63, 3.8) is 0 Å². The molecule has 5 nitrogen and oxygen atoms in total. The standard InChI is InChI=1S/C12H15ClN2O3S/c1-8-4-10(12(13)14-6-8)15-11(16)5-9-2-3-19(17,18)7-9/h4,6,9H,2-3,5,7H2,1H3,(H,15,16). The molecule has 1 aromatic rings. The van der Waals surface area contributed by atoms with E-state index in [1.807, 2.05) is 6.92 Å². The van der Waals surface area contributed by atoms with Gasteiger partial charge in [0.1, 0.15) is 0 Å². The maximum Gasteiger partial charge on any atom is 0.224 e. The highest BCUT2D eigenvalue weighted by atomic mass is 35.5. The Kier molecular flexibility index (Phi) is 4.10. The van der Waals surface area contributed by atoms with Crippen LogP contribution >= 0.6 is 11.6 Å². The lowest BCUT2D eigenvalue weighted by Crippen LogP contribution is -2.17. The number of aromatic nitrogens is 1. The number of anilines is 1. The van der Waals surface area contributed by atoms with Crippen molar-refractivity contribution >= 4 is 33.0 Å². The van der Waals surface area contributed by atoms with Crippen LogP contribution < -0.4 is 5.32 Å². The van der Waals surface area contributed by atoms with Gasteiger partial charge < -0.3 is 5.32 Å². The summed E-state index contributed by atoms with van der Waals surface area (Å²) in [6, 6.07) is 1.73. The first-order valence-corrected chi connectivity index (χ1v) is 8.18. The van der Waals surface area contributed by atoms with E-state index in [4.69, 9.17) is 11.6 Å². The largest absolute Gasteiger partial charge is 0.323 e. The third-order valence-electron chi connectivity index (χ3n) is 3.05. The first kappa shape index (κ1) is 14.3. The topological polar surface area (TPSA) is 76.1 Å². The van der Waals surface area contributed by atoms with Gasteiger partial charge in [-0.25, -0.2) is 13.4 Å². The van der Waals surface area contributed by atoms with Gasteiger partial charge in [-0.1, -0.05) is 11.6 Å². The predicted molar refractivity (Wildman–Crippen MR) is 74.0 cm³/mol. The van der Waals surface area contributed by atoms with Crippen LogP contribution in [0.5, 0.6) is 0 Å².